The van der Waals surface area contributed by atoms with Crippen molar-refractivity contribution in [3.8, 4) is 22.5 Å². The molecule has 624 valence electrons. The Morgan fingerprint density at radius 2 is 1.00 bits per heavy atom. The van der Waals surface area contributed by atoms with Crippen molar-refractivity contribution in [1.29, 1.82) is 0 Å². The third-order valence-corrected chi connectivity index (χ3v) is 12.5. The number of amides is 5. The predicted octanol–water partition coefficient (Wildman–Crippen LogP) is 4.89. The molecule has 0 spiro atoms. The molecule has 113 heavy (non-hydrogen) atoms. The molecule has 0 saturated heterocycles. The fraction of sp³-hybridized carbons (Fsp3) is 0.551. The minimum Gasteiger partial charge on any atom is -0.870 e. The van der Waals surface area contributed by atoms with Crippen molar-refractivity contribution >= 4 is 83.0 Å². The fourth-order valence-electron chi connectivity index (χ4n) is 7.50. The molecule has 0 fully saturated rings. The summed E-state index contributed by atoms with van der Waals surface area (Å²) in [6.07, 6.45) is 2.49. The summed E-state index contributed by atoms with van der Waals surface area (Å²) in [4.78, 5) is 134. The summed E-state index contributed by atoms with van der Waals surface area (Å²) in [5.41, 5.74) is 7.35. The van der Waals surface area contributed by atoms with E-state index in [1.54, 1.807) is 162 Å². The zero-order chi connectivity index (χ0) is 85.6. The monoisotopic (exact) mass is 1600 g/mol. The fourth-order valence-corrected chi connectivity index (χ4v) is 7.50. The summed E-state index contributed by atoms with van der Waals surface area (Å²) in [5, 5.41) is 53.5. The third kappa shape index (κ3) is 37.8. The molecular formula is C69H106FLiN18O24. The molecule has 5 amide bonds. The molecule has 5 heterocycles. The van der Waals surface area contributed by atoms with Gasteiger partial charge in [0.25, 0.3) is 35.2 Å². The Hall–Kier alpha value is -11.6. The van der Waals surface area contributed by atoms with E-state index in [0.717, 1.165) is 22.2 Å². The first kappa shape index (κ1) is 103. The largest absolute Gasteiger partial charge is 1.00 e. The number of H-pyrrole nitrogens is 1. The van der Waals surface area contributed by atoms with Gasteiger partial charge in [0, 0.05) is 37.1 Å². The van der Waals surface area contributed by atoms with Crippen molar-refractivity contribution in [1.82, 2.24) is 71.6 Å². The predicted molar refractivity (Wildman–Crippen MR) is 395 cm³/mol. The Kier molecular flexibility index (Phi) is 41.3. The van der Waals surface area contributed by atoms with Crippen LogP contribution >= 0.6 is 0 Å². The average molecular weight is 1600 g/mol. The van der Waals surface area contributed by atoms with Gasteiger partial charge in [-0.25, -0.2) is 57.5 Å². The molecule has 6 rings (SSSR count). The van der Waals surface area contributed by atoms with Crippen LogP contribution in [0.2, 0.25) is 0 Å². The standard InChI is InChI=1S/C17H15FN6.C13H23N3O6.2C13H21N3O5.C9H17NO4.C4H8N2O3.Li.H2O/c1-24-9-12(8-21-24)16-22-15-13(4-5-20-17(15)23-16)10-2-3-11(7-19)14(18)6-10;1-7-21-9(17)8(16-20)14-10(18)13(5,6)15-11(19)22-12(2,3)4;2*1-7-19-9(17)8-14-10(21-16-8)13(5,6)15-11(18)20-12(2,3)4;1-8(2,3)14-7(13)10-9(4,5)6(11)12;1-2-9-4(7)3(5)6-8;;/h2-6,8-9H,7,19H2,1H3,(H,20,22,23);20H,7H2,1-6H3,(H,15,19)(H,14,16,18);2*7H2,1-6H3,(H,15,18);1-5H3,(H,10,13)(H,11,12);8H,2H2,1H3,(H2,5,6);;1H2/q;;;;;;+1;/p-1. The number of nitrogens with two attached hydrogens (primary N) is 2. The number of pyridine rings is 1. The van der Waals surface area contributed by atoms with Gasteiger partial charge in [0.1, 0.15) is 56.2 Å². The summed E-state index contributed by atoms with van der Waals surface area (Å²) in [7, 11) is 1.84. The second-order valence-corrected chi connectivity index (χ2v) is 29.0. The van der Waals surface area contributed by atoms with E-state index >= 15 is 0 Å². The summed E-state index contributed by atoms with van der Waals surface area (Å²) in [5.74, 6) is -6.10. The van der Waals surface area contributed by atoms with Crippen LogP contribution in [-0.4, -0.2) is 198 Å². The van der Waals surface area contributed by atoms with E-state index < -0.39 is 116 Å². The number of aryl methyl sites for hydroxylation is 1. The number of benzene rings is 1. The molecule has 0 saturated carbocycles. The first-order chi connectivity index (χ1) is 50.9. The molecule has 0 aliphatic heterocycles. The molecule has 0 atom stereocenters. The summed E-state index contributed by atoms with van der Waals surface area (Å²) >= 11 is 0. The van der Waals surface area contributed by atoms with Crippen molar-refractivity contribution in [2.24, 2.45) is 28.8 Å². The second-order valence-electron chi connectivity index (χ2n) is 29.0. The van der Waals surface area contributed by atoms with Crippen LogP contribution in [0.4, 0.5) is 23.6 Å². The summed E-state index contributed by atoms with van der Waals surface area (Å²) in [6, 6.07) is 6.88. The van der Waals surface area contributed by atoms with Gasteiger partial charge in [-0.15, -0.1) is 0 Å². The van der Waals surface area contributed by atoms with Crippen molar-refractivity contribution in [3.63, 3.8) is 0 Å². The summed E-state index contributed by atoms with van der Waals surface area (Å²) in [6.45, 7) is 40.3. The van der Waals surface area contributed by atoms with Gasteiger partial charge >= 0.3 is 73.1 Å². The number of amidine groups is 2. The number of carbonyl (C=O) groups is 10. The number of aromatic nitrogens is 9. The topological polar surface area (TPSA) is 609 Å². The van der Waals surface area contributed by atoms with Crippen LogP contribution in [0.25, 0.3) is 33.7 Å². The minimum absolute atomic E-state index is 0. The average Bonchev–Trinajstić information content (AvgIpc) is 1.65. The zero-order valence-electron chi connectivity index (χ0n) is 68.5. The van der Waals surface area contributed by atoms with Crippen molar-refractivity contribution in [2.75, 3.05) is 26.4 Å². The van der Waals surface area contributed by atoms with Crippen LogP contribution in [0.15, 0.2) is 62.2 Å². The van der Waals surface area contributed by atoms with E-state index in [9.17, 15) is 52.3 Å². The number of fused-ring (bicyclic) bond motifs is 1. The Morgan fingerprint density at radius 3 is 1.36 bits per heavy atom. The number of nitrogens with one attached hydrogen (secondary N) is 6. The number of carbonyl (C=O) groups excluding carboxylic acids is 9. The number of ether oxygens (including phenoxy) is 8. The number of imidazole rings is 1. The Bertz CT molecular complexity index is 4100. The molecule has 5 aromatic heterocycles. The molecule has 0 aliphatic rings. The van der Waals surface area contributed by atoms with E-state index in [4.69, 9.17) is 64.5 Å². The number of halogens is 1. The van der Waals surface area contributed by atoms with E-state index in [1.807, 2.05) is 25.4 Å². The molecular weight excluding hydrogens is 1490 g/mol. The Morgan fingerprint density at radius 1 is 0.584 bits per heavy atom. The van der Waals surface area contributed by atoms with Crippen molar-refractivity contribution < 1.29 is 139 Å². The first-order valence-corrected chi connectivity index (χ1v) is 33.9. The maximum absolute atomic E-state index is 14.1. The van der Waals surface area contributed by atoms with Crippen molar-refractivity contribution in [3.05, 3.63) is 77.7 Å². The quantitative estimate of drug-likeness (QED) is 0.0110. The number of carboxylic acid groups (broad SMARTS) is 1. The normalized spacial score (nSPS) is 11.6. The van der Waals surface area contributed by atoms with Crippen LogP contribution < -0.4 is 56.9 Å². The van der Waals surface area contributed by atoms with Gasteiger partial charge < -0.3 is 106 Å². The van der Waals surface area contributed by atoms with Crippen LogP contribution in [0.3, 0.4) is 0 Å². The Labute approximate surface area is 663 Å². The molecule has 0 radical (unpaired) electrons. The van der Waals surface area contributed by atoms with Gasteiger partial charge in [-0.2, -0.15) is 15.1 Å². The van der Waals surface area contributed by atoms with Gasteiger partial charge in [-0.1, -0.05) is 22.4 Å². The van der Waals surface area contributed by atoms with Gasteiger partial charge in [-0.05, 0) is 194 Å². The molecule has 6 aromatic rings. The van der Waals surface area contributed by atoms with E-state index in [2.05, 4.69) is 86.7 Å². The van der Waals surface area contributed by atoms with Gasteiger partial charge in [0.2, 0.25) is 5.84 Å². The number of nitrogens with zero attached hydrogens (tertiary/aromatic N) is 10. The smallest absolute Gasteiger partial charge is 0.870 e. The van der Waals surface area contributed by atoms with Gasteiger partial charge in [0.05, 0.1) is 43.7 Å². The van der Waals surface area contributed by atoms with Gasteiger partial charge in [0.15, 0.2) is 5.65 Å². The molecule has 42 nitrogen and oxygen atoms in total. The first-order valence-electron chi connectivity index (χ1n) is 33.9. The van der Waals surface area contributed by atoms with Crippen LogP contribution in [0, 0.1) is 5.82 Å². The second kappa shape index (κ2) is 45.1. The summed E-state index contributed by atoms with van der Waals surface area (Å²) < 4.78 is 64.5. The number of carboxylic acids is 1. The Balaban J connectivity index is 0. The number of oxime groups is 2. The van der Waals surface area contributed by atoms with Crippen LogP contribution in [0.1, 0.15) is 205 Å². The maximum atomic E-state index is 14.1. The van der Waals surface area contributed by atoms with Gasteiger partial charge in [-0.3, -0.25) is 14.8 Å². The van der Waals surface area contributed by atoms with Crippen molar-refractivity contribution in [2.45, 2.75) is 217 Å². The number of alkyl carbamates (subject to hydrolysis) is 4. The molecule has 0 bridgehead atoms. The molecule has 0 aliphatic carbocycles. The molecule has 0 unspecified atom stereocenters. The van der Waals surface area contributed by atoms with E-state index in [-0.39, 0.29) is 86.6 Å². The number of rotatable bonds is 17. The SMILES string of the molecule is CC(C)(C)OC(=O)NC(C)(C)C(=O)O.CCOC(=O)/C(=N\O)NC(=O)C(C)(C)NC(=O)OC(C)(C)C.CCOC(=O)/C(N)=N/O.CCOC(=O)c1noc(C(C)(C)NC(=O)OC(C)(C)C)n1.CCOC(=O)c1noc(C(C)(C)NC(=O)OC(C)(C)C)n1.Cn1cc(-c2nc3nccc(-c4ccc(CN)c(F)c4)c3[nH]2)cn1.[Li+].[OH-]. The number of aliphatic carboxylic acids is 1. The van der Waals surface area contributed by atoms with Crippen LogP contribution in [0.5, 0.6) is 0 Å². The zero-order valence-corrected chi connectivity index (χ0v) is 68.5. The molecule has 44 heteroatoms. The third-order valence-electron chi connectivity index (χ3n) is 12.5. The molecule has 1 aromatic carbocycles. The number of hydrogen-bond acceptors (Lipinski definition) is 33. The van der Waals surface area contributed by atoms with E-state index in [0.29, 0.717) is 17.0 Å². The minimum atomic E-state index is -1.41. The van der Waals surface area contributed by atoms with E-state index in [1.165, 1.54) is 33.8 Å². The van der Waals surface area contributed by atoms with Crippen LogP contribution in [-0.2, 0) is 81.7 Å². The number of aromatic amines is 1. The maximum Gasteiger partial charge on any atom is 1.00 e. The number of hydrogen-bond donors (Lipinski definition) is 11. The molecule has 14 N–H and O–H groups in total. The number of esters is 4.